The van der Waals surface area contributed by atoms with Gasteiger partial charge in [-0.25, -0.2) is 0 Å². The van der Waals surface area contributed by atoms with Crippen molar-refractivity contribution in [1.82, 2.24) is 5.32 Å². The van der Waals surface area contributed by atoms with Gasteiger partial charge < -0.3 is 10.2 Å². The van der Waals surface area contributed by atoms with Crippen molar-refractivity contribution in [3.8, 4) is 6.07 Å². The summed E-state index contributed by atoms with van der Waals surface area (Å²) in [5.41, 5.74) is 1.93. The molecule has 0 saturated carbocycles. The van der Waals surface area contributed by atoms with E-state index in [1.807, 2.05) is 24.3 Å². The topological polar surface area (TPSA) is 39.1 Å². The molecule has 0 amide bonds. The van der Waals surface area contributed by atoms with E-state index < -0.39 is 0 Å². The third-order valence-corrected chi connectivity index (χ3v) is 2.73. The number of piperazine rings is 1. The highest BCUT2D eigenvalue weighted by Crippen LogP contribution is 2.16. The molecule has 1 N–H and O–H groups in total. The first-order valence-corrected chi connectivity index (χ1v) is 5.28. The van der Waals surface area contributed by atoms with Crippen LogP contribution in [-0.2, 0) is 0 Å². The molecule has 1 atom stereocenters. The molecule has 16 heavy (non-hydrogen) atoms. The second kappa shape index (κ2) is 5.74. The molecular weight excluding hydrogens is 222 g/mol. The van der Waals surface area contributed by atoms with E-state index in [1.54, 1.807) is 0 Å². The van der Waals surface area contributed by atoms with Crippen LogP contribution in [-0.4, -0.2) is 25.7 Å². The van der Waals surface area contributed by atoms with Crippen molar-refractivity contribution in [2.24, 2.45) is 0 Å². The molecule has 4 heteroatoms. The fraction of sp³-hybridized carbons (Fsp3) is 0.417. The SMILES string of the molecule is C[C@H]1CN(c2ccc(C#N)cc2)CCN1.Cl. The zero-order chi connectivity index (χ0) is 10.7. The summed E-state index contributed by atoms with van der Waals surface area (Å²) in [5.74, 6) is 0. The van der Waals surface area contributed by atoms with E-state index in [1.165, 1.54) is 5.69 Å². The summed E-state index contributed by atoms with van der Waals surface area (Å²) >= 11 is 0. The van der Waals surface area contributed by atoms with Gasteiger partial charge in [0.15, 0.2) is 0 Å². The Hall–Kier alpha value is -1.24. The fourth-order valence-corrected chi connectivity index (χ4v) is 1.91. The number of benzene rings is 1. The predicted molar refractivity (Wildman–Crippen MR) is 68.1 cm³/mol. The molecule has 0 aromatic heterocycles. The number of hydrogen-bond acceptors (Lipinski definition) is 3. The summed E-state index contributed by atoms with van der Waals surface area (Å²) in [6, 6.07) is 10.5. The van der Waals surface area contributed by atoms with E-state index in [4.69, 9.17) is 5.26 Å². The lowest BCUT2D eigenvalue weighted by Crippen LogP contribution is -2.49. The van der Waals surface area contributed by atoms with Crippen LogP contribution in [0.2, 0.25) is 0 Å². The summed E-state index contributed by atoms with van der Waals surface area (Å²) in [6.07, 6.45) is 0. The van der Waals surface area contributed by atoms with Crippen molar-refractivity contribution in [2.75, 3.05) is 24.5 Å². The van der Waals surface area contributed by atoms with Crippen LogP contribution in [0.3, 0.4) is 0 Å². The Kier molecular flexibility index (Phi) is 4.60. The van der Waals surface area contributed by atoms with Crippen LogP contribution in [0.25, 0.3) is 0 Å². The van der Waals surface area contributed by atoms with Crippen molar-refractivity contribution >= 4 is 18.1 Å². The van der Waals surface area contributed by atoms with Crippen molar-refractivity contribution in [1.29, 1.82) is 5.26 Å². The average Bonchev–Trinajstić information content (AvgIpc) is 2.29. The highest BCUT2D eigenvalue weighted by Gasteiger charge is 2.15. The summed E-state index contributed by atoms with van der Waals surface area (Å²) in [5, 5.41) is 12.1. The number of nitriles is 1. The maximum Gasteiger partial charge on any atom is 0.0991 e. The number of nitrogens with one attached hydrogen (secondary N) is 1. The van der Waals surface area contributed by atoms with Crippen LogP contribution in [0.15, 0.2) is 24.3 Å². The Balaban J connectivity index is 0.00000128. The Morgan fingerprint density at radius 2 is 2.06 bits per heavy atom. The second-order valence-electron chi connectivity index (χ2n) is 3.96. The van der Waals surface area contributed by atoms with Gasteiger partial charge in [0.05, 0.1) is 11.6 Å². The first-order valence-electron chi connectivity index (χ1n) is 5.28. The van der Waals surface area contributed by atoms with E-state index in [-0.39, 0.29) is 12.4 Å². The largest absolute Gasteiger partial charge is 0.369 e. The minimum absolute atomic E-state index is 0. The van der Waals surface area contributed by atoms with Crippen LogP contribution in [0.1, 0.15) is 12.5 Å². The maximum atomic E-state index is 8.71. The first kappa shape index (κ1) is 12.8. The summed E-state index contributed by atoms with van der Waals surface area (Å²) in [4.78, 5) is 2.35. The van der Waals surface area contributed by atoms with Gasteiger partial charge >= 0.3 is 0 Å². The van der Waals surface area contributed by atoms with Crippen LogP contribution in [0, 0.1) is 11.3 Å². The van der Waals surface area contributed by atoms with Crippen molar-refractivity contribution in [2.45, 2.75) is 13.0 Å². The smallest absolute Gasteiger partial charge is 0.0991 e. The quantitative estimate of drug-likeness (QED) is 0.809. The third-order valence-electron chi connectivity index (χ3n) is 2.73. The third kappa shape index (κ3) is 2.88. The molecule has 1 heterocycles. The molecule has 0 aliphatic carbocycles. The molecule has 0 radical (unpaired) electrons. The molecule has 0 bridgehead atoms. The number of halogens is 1. The van der Waals surface area contributed by atoms with Crippen molar-refractivity contribution in [3.63, 3.8) is 0 Å². The minimum atomic E-state index is 0. The fourth-order valence-electron chi connectivity index (χ4n) is 1.91. The summed E-state index contributed by atoms with van der Waals surface area (Å²) in [7, 11) is 0. The van der Waals surface area contributed by atoms with Gasteiger partial charge in [0.1, 0.15) is 0 Å². The molecule has 1 saturated heterocycles. The second-order valence-corrected chi connectivity index (χ2v) is 3.96. The predicted octanol–water partition coefficient (Wildman–Crippen LogP) is 1.78. The van der Waals surface area contributed by atoms with Crippen LogP contribution < -0.4 is 10.2 Å². The molecule has 1 aromatic rings. The Morgan fingerprint density at radius 3 is 2.62 bits per heavy atom. The van der Waals surface area contributed by atoms with E-state index >= 15 is 0 Å². The van der Waals surface area contributed by atoms with E-state index in [0.717, 1.165) is 25.2 Å². The molecule has 86 valence electrons. The molecular formula is C12H16ClN3. The van der Waals surface area contributed by atoms with Gasteiger partial charge in [-0.3, -0.25) is 0 Å². The summed E-state index contributed by atoms with van der Waals surface area (Å²) < 4.78 is 0. The van der Waals surface area contributed by atoms with Crippen LogP contribution in [0.4, 0.5) is 5.69 Å². The number of anilines is 1. The first-order chi connectivity index (χ1) is 7.29. The number of rotatable bonds is 1. The van der Waals surface area contributed by atoms with Crippen LogP contribution in [0.5, 0.6) is 0 Å². The number of hydrogen-bond donors (Lipinski definition) is 1. The molecule has 0 unspecified atom stereocenters. The molecule has 3 nitrogen and oxygen atoms in total. The molecule has 1 aromatic carbocycles. The standard InChI is InChI=1S/C12H15N3.ClH/c1-10-9-15(7-6-14-10)12-4-2-11(8-13)3-5-12;/h2-5,10,14H,6-7,9H2,1H3;1H/t10-;/m0./s1. The van der Waals surface area contributed by atoms with Crippen molar-refractivity contribution in [3.05, 3.63) is 29.8 Å². The molecule has 1 aliphatic rings. The lowest BCUT2D eigenvalue weighted by molar-refractivity contribution is 0.485. The van der Waals surface area contributed by atoms with E-state index in [0.29, 0.717) is 6.04 Å². The van der Waals surface area contributed by atoms with E-state index in [9.17, 15) is 0 Å². The summed E-state index contributed by atoms with van der Waals surface area (Å²) in [6.45, 7) is 5.29. The zero-order valence-corrected chi connectivity index (χ0v) is 10.1. The normalized spacial score (nSPS) is 19.8. The highest BCUT2D eigenvalue weighted by molar-refractivity contribution is 5.85. The van der Waals surface area contributed by atoms with E-state index in [2.05, 4.69) is 23.2 Å². The zero-order valence-electron chi connectivity index (χ0n) is 9.31. The van der Waals surface area contributed by atoms with Crippen molar-refractivity contribution < 1.29 is 0 Å². The van der Waals surface area contributed by atoms with Gasteiger partial charge in [0.2, 0.25) is 0 Å². The maximum absolute atomic E-state index is 8.71. The monoisotopic (exact) mass is 237 g/mol. The molecule has 1 aliphatic heterocycles. The van der Waals surface area contributed by atoms with Gasteiger partial charge in [-0.05, 0) is 31.2 Å². The van der Waals surface area contributed by atoms with Gasteiger partial charge in [-0.2, -0.15) is 5.26 Å². The Labute approximate surface area is 102 Å². The lowest BCUT2D eigenvalue weighted by Gasteiger charge is -2.33. The molecule has 1 fully saturated rings. The van der Waals surface area contributed by atoms with Gasteiger partial charge in [-0.15, -0.1) is 12.4 Å². The average molecular weight is 238 g/mol. The Bertz CT molecular complexity index is 369. The van der Waals surface area contributed by atoms with Crippen LogP contribution >= 0.6 is 12.4 Å². The highest BCUT2D eigenvalue weighted by atomic mass is 35.5. The Morgan fingerprint density at radius 1 is 1.38 bits per heavy atom. The molecule has 2 rings (SSSR count). The van der Waals surface area contributed by atoms with Gasteiger partial charge in [0, 0.05) is 31.4 Å². The van der Waals surface area contributed by atoms with Gasteiger partial charge in [0.25, 0.3) is 0 Å². The number of nitrogens with zero attached hydrogens (tertiary/aromatic N) is 2. The molecule has 0 spiro atoms. The lowest BCUT2D eigenvalue weighted by atomic mass is 10.1. The minimum Gasteiger partial charge on any atom is -0.369 e. The van der Waals surface area contributed by atoms with Gasteiger partial charge in [-0.1, -0.05) is 0 Å².